The molecule has 0 unspecified atom stereocenters. The number of morpholine rings is 1. The zero-order chi connectivity index (χ0) is 15.4. The van der Waals surface area contributed by atoms with Crippen LogP contribution in [0.5, 0.6) is 0 Å². The summed E-state index contributed by atoms with van der Waals surface area (Å²) in [5.41, 5.74) is 2.94. The van der Waals surface area contributed by atoms with Crippen molar-refractivity contribution in [3.63, 3.8) is 0 Å². The van der Waals surface area contributed by atoms with Crippen LogP contribution in [0.3, 0.4) is 0 Å². The summed E-state index contributed by atoms with van der Waals surface area (Å²) in [6.45, 7) is 7.60. The number of carbonyl (C=O) groups is 1. The molecule has 1 amide bonds. The van der Waals surface area contributed by atoms with Gasteiger partial charge in [-0.1, -0.05) is 0 Å². The van der Waals surface area contributed by atoms with Gasteiger partial charge in [0.25, 0.3) is 0 Å². The lowest BCUT2D eigenvalue weighted by Gasteiger charge is -2.33. The van der Waals surface area contributed by atoms with E-state index in [9.17, 15) is 4.79 Å². The second kappa shape index (κ2) is 7.53. The number of amides is 1. The van der Waals surface area contributed by atoms with Gasteiger partial charge in [0.15, 0.2) is 0 Å². The molecule has 122 valence electrons. The Labute approximate surface area is 136 Å². The van der Waals surface area contributed by atoms with E-state index < -0.39 is 0 Å². The minimum atomic E-state index is 0.309. The Morgan fingerprint density at radius 2 is 2.23 bits per heavy atom. The molecule has 0 saturated carbocycles. The molecule has 1 aromatic rings. The van der Waals surface area contributed by atoms with E-state index in [1.807, 2.05) is 12.4 Å². The summed E-state index contributed by atoms with van der Waals surface area (Å²) in [6.07, 6.45) is 3.72. The number of thiazole rings is 1. The predicted octanol–water partition coefficient (Wildman–Crippen LogP) is 1.71. The number of carbonyl (C=O) groups excluding carboxylic acids is 1. The highest BCUT2D eigenvalue weighted by molar-refractivity contribution is 7.09. The van der Waals surface area contributed by atoms with Gasteiger partial charge in [0.2, 0.25) is 5.91 Å². The maximum Gasteiger partial charge on any atom is 0.223 e. The second-order valence-corrected chi connectivity index (χ2v) is 7.10. The van der Waals surface area contributed by atoms with Crippen LogP contribution in [0.4, 0.5) is 0 Å². The molecule has 6 heteroatoms. The Kier molecular flexibility index (Phi) is 5.44. The van der Waals surface area contributed by atoms with Crippen LogP contribution in [0.15, 0.2) is 5.51 Å². The minimum Gasteiger partial charge on any atom is -0.379 e. The van der Waals surface area contributed by atoms with Crippen molar-refractivity contribution in [2.45, 2.75) is 38.6 Å². The van der Waals surface area contributed by atoms with Gasteiger partial charge in [-0.2, -0.15) is 0 Å². The third kappa shape index (κ3) is 3.86. The smallest absolute Gasteiger partial charge is 0.223 e. The van der Waals surface area contributed by atoms with Gasteiger partial charge in [0, 0.05) is 43.5 Å². The van der Waals surface area contributed by atoms with Gasteiger partial charge in [0.1, 0.15) is 0 Å². The predicted molar refractivity (Wildman–Crippen MR) is 87.2 cm³/mol. The molecule has 1 atom stereocenters. The topological polar surface area (TPSA) is 45.7 Å². The lowest BCUT2D eigenvalue weighted by molar-refractivity contribution is -0.132. The van der Waals surface area contributed by atoms with Crippen molar-refractivity contribution in [2.24, 2.45) is 0 Å². The standard InChI is InChI=1S/C16H25N3O2S/c1-13-15(22-12-17-13)4-5-16(20)19-6-2-3-14(19)11-18-7-9-21-10-8-18/h12,14H,2-11H2,1H3/t14-/m0/s1. The van der Waals surface area contributed by atoms with Crippen molar-refractivity contribution in [2.75, 3.05) is 39.4 Å². The van der Waals surface area contributed by atoms with E-state index in [1.54, 1.807) is 11.3 Å². The van der Waals surface area contributed by atoms with Crippen LogP contribution in [-0.4, -0.2) is 66.1 Å². The SMILES string of the molecule is Cc1ncsc1CCC(=O)N1CCC[C@H]1CN1CCOCC1. The minimum absolute atomic E-state index is 0.309. The first kappa shape index (κ1) is 15.9. The molecule has 0 aliphatic carbocycles. The van der Waals surface area contributed by atoms with Gasteiger partial charge in [0.05, 0.1) is 24.4 Å². The van der Waals surface area contributed by atoms with E-state index in [1.165, 1.54) is 4.88 Å². The summed E-state index contributed by atoms with van der Waals surface area (Å²) in [6, 6.07) is 0.396. The van der Waals surface area contributed by atoms with Gasteiger partial charge in [-0.15, -0.1) is 11.3 Å². The second-order valence-electron chi connectivity index (χ2n) is 6.16. The van der Waals surface area contributed by atoms with E-state index in [4.69, 9.17) is 4.74 Å². The van der Waals surface area contributed by atoms with E-state index >= 15 is 0 Å². The van der Waals surface area contributed by atoms with Crippen LogP contribution < -0.4 is 0 Å². The Hall–Kier alpha value is -0.980. The van der Waals surface area contributed by atoms with Crippen molar-refractivity contribution < 1.29 is 9.53 Å². The van der Waals surface area contributed by atoms with Crippen LogP contribution in [0.1, 0.15) is 29.8 Å². The highest BCUT2D eigenvalue weighted by Gasteiger charge is 2.30. The maximum atomic E-state index is 12.6. The van der Waals surface area contributed by atoms with Gasteiger partial charge >= 0.3 is 0 Å². The summed E-state index contributed by atoms with van der Waals surface area (Å²) in [4.78, 5) is 22.6. The van der Waals surface area contributed by atoms with Crippen LogP contribution in [0.2, 0.25) is 0 Å². The van der Waals surface area contributed by atoms with E-state index in [0.717, 1.165) is 64.3 Å². The molecule has 2 fully saturated rings. The molecule has 2 aliphatic rings. The number of hydrogen-bond acceptors (Lipinski definition) is 5. The molecule has 0 spiro atoms. The Bertz CT molecular complexity index is 499. The molecule has 2 saturated heterocycles. The van der Waals surface area contributed by atoms with Crippen LogP contribution in [0.25, 0.3) is 0 Å². The van der Waals surface area contributed by atoms with Crippen LogP contribution >= 0.6 is 11.3 Å². The van der Waals surface area contributed by atoms with Crippen molar-refractivity contribution in [1.82, 2.24) is 14.8 Å². The zero-order valence-electron chi connectivity index (χ0n) is 13.3. The molecule has 0 aromatic carbocycles. The Morgan fingerprint density at radius 1 is 1.41 bits per heavy atom. The fourth-order valence-electron chi connectivity index (χ4n) is 3.37. The third-order valence-electron chi connectivity index (χ3n) is 4.68. The van der Waals surface area contributed by atoms with Crippen molar-refractivity contribution in [1.29, 1.82) is 0 Å². The summed E-state index contributed by atoms with van der Waals surface area (Å²) in [5.74, 6) is 0.309. The molecule has 5 nitrogen and oxygen atoms in total. The maximum absolute atomic E-state index is 12.6. The van der Waals surface area contributed by atoms with E-state index in [0.29, 0.717) is 18.4 Å². The molecule has 0 bridgehead atoms. The molecule has 1 aromatic heterocycles. The largest absolute Gasteiger partial charge is 0.379 e. The summed E-state index contributed by atoms with van der Waals surface area (Å²) in [7, 11) is 0. The zero-order valence-corrected chi connectivity index (χ0v) is 14.1. The monoisotopic (exact) mass is 323 g/mol. The summed E-state index contributed by atoms with van der Waals surface area (Å²) < 4.78 is 5.40. The molecule has 3 heterocycles. The fraction of sp³-hybridized carbons (Fsp3) is 0.750. The Balaban J connectivity index is 1.50. The van der Waals surface area contributed by atoms with Crippen molar-refractivity contribution >= 4 is 17.2 Å². The van der Waals surface area contributed by atoms with Gasteiger partial charge in [-0.3, -0.25) is 9.69 Å². The quantitative estimate of drug-likeness (QED) is 0.827. The average Bonchev–Trinajstić information content (AvgIpc) is 3.15. The number of rotatable bonds is 5. The van der Waals surface area contributed by atoms with Gasteiger partial charge in [-0.05, 0) is 26.2 Å². The average molecular weight is 323 g/mol. The molecule has 3 rings (SSSR count). The number of aromatic nitrogens is 1. The first-order valence-corrected chi connectivity index (χ1v) is 9.10. The molecule has 0 radical (unpaired) electrons. The van der Waals surface area contributed by atoms with Crippen molar-refractivity contribution in [3.8, 4) is 0 Å². The van der Waals surface area contributed by atoms with E-state index in [-0.39, 0.29) is 0 Å². The number of ether oxygens (including phenoxy) is 1. The fourth-order valence-corrected chi connectivity index (χ4v) is 4.15. The first-order valence-electron chi connectivity index (χ1n) is 8.22. The Morgan fingerprint density at radius 3 is 2.95 bits per heavy atom. The highest BCUT2D eigenvalue weighted by atomic mass is 32.1. The molecular formula is C16H25N3O2S. The number of likely N-dealkylation sites (tertiary alicyclic amines) is 1. The van der Waals surface area contributed by atoms with Crippen LogP contribution in [0, 0.1) is 6.92 Å². The summed E-state index contributed by atoms with van der Waals surface area (Å²) in [5, 5.41) is 0. The molecule has 2 aliphatic heterocycles. The van der Waals surface area contributed by atoms with Crippen molar-refractivity contribution in [3.05, 3.63) is 16.1 Å². The van der Waals surface area contributed by atoms with Crippen LogP contribution in [-0.2, 0) is 16.0 Å². The lowest BCUT2D eigenvalue weighted by Crippen LogP contribution is -2.46. The van der Waals surface area contributed by atoms with Gasteiger partial charge < -0.3 is 9.64 Å². The number of nitrogens with zero attached hydrogens (tertiary/aromatic N) is 3. The van der Waals surface area contributed by atoms with Gasteiger partial charge in [-0.25, -0.2) is 4.98 Å². The number of aryl methyl sites for hydroxylation is 2. The van der Waals surface area contributed by atoms with E-state index in [2.05, 4.69) is 14.8 Å². The molecule has 0 N–H and O–H groups in total. The molecule has 22 heavy (non-hydrogen) atoms. The first-order chi connectivity index (χ1) is 10.7. The summed E-state index contributed by atoms with van der Waals surface area (Å²) >= 11 is 1.66. The lowest BCUT2D eigenvalue weighted by atomic mass is 10.1. The third-order valence-corrected chi connectivity index (χ3v) is 5.68. The highest BCUT2D eigenvalue weighted by Crippen LogP contribution is 2.21. The normalized spacial score (nSPS) is 23.1. The number of hydrogen-bond donors (Lipinski definition) is 0. The molecular weight excluding hydrogens is 298 g/mol.